The smallest absolute Gasteiger partial charge is 0.230 e. The molecular formula is C23H25N3OS. The van der Waals surface area contributed by atoms with Gasteiger partial charge in [0.1, 0.15) is 10.6 Å². The lowest BCUT2D eigenvalue weighted by Gasteiger charge is -2.29. The molecule has 144 valence electrons. The van der Waals surface area contributed by atoms with Gasteiger partial charge in [0.15, 0.2) is 0 Å². The number of carbonyl (C=O) groups excluding carboxylic acids is 1. The Morgan fingerprint density at radius 3 is 2.50 bits per heavy atom. The Balaban J connectivity index is 1.66. The first-order valence-electron chi connectivity index (χ1n) is 10.4. The molecule has 3 heterocycles. The fourth-order valence-corrected chi connectivity index (χ4v) is 5.66. The zero-order chi connectivity index (χ0) is 19.1. The Labute approximate surface area is 169 Å². The fourth-order valence-electron chi connectivity index (χ4n) is 4.41. The van der Waals surface area contributed by atoms with Crippen molar-refractivity contribution in [2.75, 3.05) is 18.0 Å². The minimum Gasteiger partial charge on any atom is -0.356 e. The highest BCUT2D eigenvalue weighted by atomic mass is 32.1. The molecule has 0 amide bonds. The molecule has 2 aromatic heterocycles. The van der Waals surface area contributed by atoms with Gasteiger partial charge in [0.2, 0.25) is 11.6 Å². The predicted octanol–water partition coefficient (Wildman–Crippen LogP) is 5.10. The van der Waals surface area contributed by atoms with Gasteiger partial charge in [-0.1, -0.05) is 29.8 Å². The highest BCUT2D eigenvalue weighted by molar-refractivity contribution is 7.19. The lowest BCUT2D eigenvalue weighted by Crippen LogP contribution is -2.31. The van der Waals surface area contributed by atoms with E-state index in [1.165, 1.54) is 47.9 Å². The van der Waals surface area contributed by atoms with Crippen LogP contribution in [0.5, 0.6) is 0 Å². The summed E-state index contributed by atoms with van der Waals surface area (Å²) >= 11 is 1.78. The van der Waals surface area contributed by atoms with E-state index >= 15 is 0 Å². The second kappa shape index (κ2) is 7.28. The Kier molecular flexibility index (Phi) is 4.63. The first-order valence-corrected chi connectivity index (χ1v) is 11.2. The van der Waals surface area contributed by atoms with Crippen molar-refractivity contribution in [3.63, 3.8) is 0 Å². The monoisotopic (exact) mass is 391 g/mol. The van der Waals surface area contributed by atoms with Crippen molar-refractivity contribution >= 4 is 33.2 Å². The van der Waals surface area contributed by atoms with Crippen LogP contribution in [-0.2, 0) is 12.8 Å². The number of rotatable bonds is 3. The Morgan fingerprint density at radius 1 is 0.964 bits per heavy atom. The van der Waals surface area contributed by atoms with E-state index in [1.54, 1.807) is 11.3 Å². The maximum atomic E-state index is 13.1. The zero-order valence-electron chi connectivity index (χ0n) is 16.3. The molecule has 0 bridgehead atoms. The van der Waals surface area contributed by atoms with Gasteiger partial charge in [0.25, 0.3) is 0 Å². The fraction of sp³-hybridized carbons (Fsp3) is 0.435. The predicted molar refractivity (Wildman–Crippen MR) is 115 cm³/mol. The first-order chi connectivity index (χ1) is 13.7. The lowest BCUT2D eigenvalue weighted by atomic mass is 9.96. The van der Waals surface area contributed by atoms with Crippen LogP contribution >= 0.6 is 11.3 Å². The number of hydrogen-bond donors (Lipinski definition) is 0. The summed E-state index contributed by atoms with van der Waals surface area (Å²) in [6, 6.07) is 7.71. The van der Waals surface area contributed by atoms with Crippen LogP contribution < -0.4 is 4.90 Å². The van der Waals surface area contributed by atoms with Crippen LogP contribution in [0.15, 0.2) is 24.3 Å². The molecule has 0 radical (unpaired) electrons. The van der Waals surface area contributed by atoms with Crippen LogP contribution in [0.25, 0.3) is 10.2 Å². The molecule has 1 aliphatic heterocycles. The van der Waals surface area contributed by atoms with Gasteiger partial charge in [-0.05, 0) is 57.4 Å². The molecular weight excluding hydrogens is 366 g/mol. The summed E-state index contributed by atoms with van der Waals surface area (Å²) in [6.45, 7) is 4.07. The van der Waals surface area contributed by atoms with Crippen molar-refractivity contribution in [3.8, 4) is 0 Å². The van der Waals surface area contributed by atoms with Crippen LogP contribution in [0.2, 0.25) is 0 Å². The summed E-state index contributed by atoms with van der Waals surface area (Å²) in [5, 5.41) is 1.22. The summed E-state index contributed by atoms with van der Waals surface area (Å²) in [5.74, 6) is 1.27. The van der Waals surface area contributed by atoms with Gasteiger partial charge >= 0.3 is 0 Å². The van der Waals surface area contributed by atoms with E-state index in [-0.39, 0.29) is 5.78 Å². The van der Waals surface area contributed by atoms with Crippen molar-refractivity contribution in [1.29, 1.82) is 0 Å². The topological polar surface area (TPSA) is 46.1 Å². The molecule has 1 saturated heterocycles. The van der Waals surface area contributed by atoms with Crippen LogP contribution in [0.4, 0.5) is 5.82 Å². The third kappa shape index (κ3) is 3.12. The molecule has 28 heavy (non-hydrogen) atoms. The maximum absolute atomic E-state index is 13.1. The number of fused-ring (bicyclic) bond motifs is 3. The molecule has 1 aliphatic carbocycles. The quantitative estimate of drug-likeness (QED) is 0.583. The molecule has 0 atom stereocenters. The highest BCUT2D eigenvalue weighted by Gasteiger charge is 2.26. The molecule has 4 nitrogen and oxygen atoms in total. The van der Waals surface area contributed by atoms with Crippen molar-refractivity contribution in [2.24, 2.45) is 0 Å². The Hall–Kier alpha value is -2.27. The summed E-state index contributed by atoms with van der Waals surface area (Å²) in [6.07, 6.45) is 8.41. The summed E-state index contributed by atoms with van der Waals surface area (Å²) in [4.78, 5) is 27.6. The van der Waals surface area contributed by atoms with Crippen molar-refractivity contribution in [3.05, 3.63) is 51.7 Å². The van der Waals surface area contributed by atoms with E-state index in [1.807, 2.05) is 31.2 Å². The number of nitrogens with zero attached hydrogens (tertiary/aromatic N) is 3. The van der Waals surface area contributed by atoms with Crippen molar-refractivity contribution < 1.29 is 4.79 Å². The summed E-state index contributed by atoms with van der Waals surface area (Å²) < 4.78 is 0. The van der Waals surface area contributed by atoms with E-state index in [9.17, 15) is 4.79 Å². The Morgan fingerprint density at radius 2 is 1.71 bits per heavy atom. The maximum Gasteiger partial charge on any atom is 0.230 e. The highest BCUT2D eigenvalue weighted by Crippen LogP contribution is 2.40. The zero-order valence-corrected chi connectivity index (χ0v) is 17.1. The standard InChI is InChI=1S/C23H25N3OS/c1-15-9-11-16(12-10-15)20(27)21-24-22(26-13-5-2-6-14-26)19-17-7-3-4-8-18(17)28-23(19)25-21/h9-12H,2-8,13-14H2,1H3. The summed E-state index contributed by atoms with van der Waals surface area (Å²) in [5.41, 5.74) is 3.25. The van der Waals surface area contributed by atoms with E-state index in [2.05, 4.69) is 4.90 Å². The molecule has 2 aliphatic rings. The number of aromatic nitrogens is 2. The van der Waals surface area contributed by atoms with Crippen LogP contribution in [0, 0.1) is 6.92 Å². The van der Waals surface area contributed by atoms with Crippen molar-refractivity contribution in [2.45, 2.75) is 51.9 Å². The van der Waals surface area contributed by atoms with Gasteiger partial charge in [-0.25, -0.2) is 9.97 Å². The molecule has 1 fully saturated rings. The van der Waals surface area contributed by atoms with E-state index in [0.29, 0.717) is 11.4 Å². The van der Waals surface area contributed by atoms with Crippen LogP contribution in [-0.4, -0.2) is 28.8 Å². The van der Waals surface area contributed by atoms with Crippen LogP contribution in [0.3, 0.4) is 0 Å². The number of ketones is 1. The average Bonchev–Trinajstić information content (AvgIpc) is 3.12. The average molecular weight is 392 g/mol. The second-order valence-electron chi connectivity index (χ2n) is 8.00. The molecule has 0 spiro atoms. The van der Waals surface area contributed by atoms with Gasteiger partial charge in [0, 0.05) is 23.5 Å². The number of anilines is 1. The molecule has 1 aromatic carbocycles. The van der Waals surface area contributed by atoms with Gasteiger partial charge in [-0.15, -0.1) is 11.3 Å². The third-order valence-corrected chi connectivity index (χ3v) is 7.15. The number of aryl methyl sites for hydroxylation is 3. The minimum atomic E-state index is -0.0773. The molecule has 5 rings (SSSR count). The van der Waals surface area contributed by atoms with Gasteiger partial charge in [-0.3, -0.25) is 4.79 Å². The van der Waals surface area contributed by atoms with E-state index < -0.39 is 0 Å². The molecule has 0 saturated carbocycles. The molecule has 5 heteroatoms. The Bertz CT molecular complexity index is 1030. The lowest BCUT2D eigenvalue weighted by molar-refractivity contribution is 0.103. The normalized spacial score (nSPS) is 17.0. The van der Waals surface area contributed by atoms with Crippen LogP contribution in [0.1, 0.15) is 64.3 Å². The molecule has 0 unspecified atom stereocenters. The number of carbonyl (C=O) groups is 1. The number of benzene rings is 1. The van der Waals surface area contributed by atoms with Crippen molar-refractivity contribution in [1.82, 2.24) is 9.97 Å². The second-order valence-corrected chi connectivity index (χ2v) is 9.09. The van der Waals surface area contributed by atoms with E-state index in [4.69, 9.17) is 9.97 Å². The van der Waals surface area contributed by atoms with E-state index in [0.717, 1.165) is 42.1 Å². The largest absolute Gasteiger partial charge is 0.356 e. The number of hydrogen-bond acceptors (Lipinski definition) is 5. The minimum absolute atomic E-state index is 0.0773. The third-order valence-electron chi connectivity index (χ3n) is 5.97. The van der Waals surface area contributed by atoms with Gasteiger partial charge in [0.05, 0.1) is 5.39 Å². The summed E-state index contributed by atoms with van der Waals surface area (Å²) in [7, 11) is 0. The molecule has 3 aromatic rings. The first kappa shape index (κ1) is 17.8. The number of thiophene rings is 1. The number of piperidine rings is 1. The molecule has 0 N–H and O–H groups in total. The van der Waals surface area contributed by atoms with Gasteiger partial charge in [-0.2, -0.15) is 0 Å². The SMILES string of the molecule is Cc1ccc(C(=O)c2nc(N3CCCCC3)c3c4c(sc3n2)CCCC4)cc1. The van der Waals surface area contributed by atoms with Gasteiger partial charge < -0.3 is 4.90 Å².